The van der Waals surface area contributed by atoms with Crippen molar-refractivity contribution in [3.63, 3.8) is 0 Å². The zero-order valence-corrected chi connectivity index (χ0v) is 25.6. The van der Waals surface area contributed by atoms with Crippen LogP contribution in [0.5, 0.6) is 11.5 Å². The molecule has 1 saturated carbocycles. The molecule has 2 aromatic carbocycles. The summed E-state index contributed by atoms with van der Waals surface area (Å²) in [6, 6.07) is 16.2. The molecule has 1 spiro atoms. The Bertz CT molecular complexity index is 1200. The Labute approximate surface area is 247 Å². The van der Waals surface area contributed by atoms with Crippen LogP contribution in [0.25, 0.3) is 0 Å². The van der Waals surface area contributed by atoms with Gasteiger partial charge in [0, 0.05) is 23.1 Å². The van der Waals surface area contributed by atoms with Crippen LogP contribution in [-0.2, 0) is 23.1 Å². The van der Waals surface area contributed by atoms with Gasteiger partial charge >= 0.3 is 0 Å². The molecule has 2 bridgehead atoms. The van der Waals surface area contributed by atoms with Crippen molar-refractivity contribution in [1.29, 1.82) is 0 Å². The largest absolute Gasteiger partial charge is 0.493 e. The molecule has 5 nitrogen and oxygen atoms in total. The van der Waals surface area contributed by atoms with Gasteiger partial charge in [-0.2, -0.15) is 0 Å². The van der Waals surface area contributed by atoms with Gasteiger partial charge in [-0.15, -0.1) is 0 Å². The number of aryl methyl sites for hydroxylation is 1. The maximum Gasteiger partial charge on any atom is 0.165 e. The normalized spacial score (nSPS) is 27.9. The molecule has 0 unspecified atom stereocenters. The lowest BCUT2D eigenvalue weighted by atomic mass is 9.51. The van der Waals surface area contributed by atoms with E-state index in [0.717, 1.165) is 44.0 Å². The van der Waals surface area contributed by atoms with E-state index in [0.29, 0.717) is 24.5 Å². The van der Waals surface area contributed by atoms with Crippen molar-refractivity contribution >= 4 is 5.78 Å². The second-order valence-corrected chi connectivity index (χ2v) is 13.2. The molecule has 222 valence electrons. The molecule has 1 saturated heterocycles. The number of rotatable bonds is 14. The van der Waals surface area contributed by atoms with Gasteiger partial charge in [0.15, 0.2) is 11.5 Å². The van der Waals surface area contributed by atoms with Gasteiger partial charge in [0.05, 0.1) is 13.7 Å². The topological polar surface area (TPSA) is 42.0 Å². The zero-order valence-electron chi connectivity index (χ0n) is 25.6. The van der Waals surface area contributed by atoms with E-state index in [-0.39, 0.29) is 17.3 Å². The summed E-state index contributed by atoms with van der Waals surface area (Å²) in [4.78, 5) is 17.6. The maximum absolute atomic E-state index is 12.2. The minimum Gasteiger partial charge on any atom is -0.493 e. The van der Waals surface area contributed by atoms with Crippen molar-refractivity contribution in [1.82, 2.24) is 9.80 Å². The van der Waals surface area contributed by atoms with Crippen LogP contribution in [0.4, 0.5) is 0 Å². The van der Waals surface area contributed by atoms with Gasteiger partial charge in [0.25, 0.3) is 0 Å². The molecule has 6 rings (SSSR count). The fourth-order valence-electron chi connectivity index (χ4n) is 9.05. The Morgan fingerprint density at radius 2 is 1.85 bits per heavy atom. The van der Waals surface area contributed by atoms with E-state index in [4.69, 9.17) is 9.47 Å². The summed E-state index contributed by atoms with van der Waals surface area (Å²) < 4.78 is 13.0. The predicted molar refractivity (Wildman–Crippen MR) is 165 cm³/mol. The lowest BCUT2D eigenvalue weighted by Gasteiger charge is -2.60. The van der Waals surface area contributed by atoms with E-state index in [1.165, 1.54) is 74.5 Å². The summed E-state index contributed by atoms with van der Waals surface area (Å²) in [7, 11) is 1.78. The third-order valence-corrected chi connectivity index (χ3v) is 10.8. The number of hydrogen-bond acceptors (Lipinski definition) is 5. The Kier molecular flexibility index (Phi) is 8.74. The van der Waals surface area contributed by atoms with E-state index >= 15 is 0 Å². The van der Waals surface area contributed by atoms with E-state index in [9.17, 15) is 4.79 Å². The average molecular weight is 559 g/mol. The van der Waals surface area contributed by atoms with Crippen molar-refractivity contribution in [2.45, 2.75) is 108 Å². The number of Topliss-reactive ketones (excluding diaryl/α,β-unsaturated/α-hetero) is 1. The number of carbonyl (C=O) groups is 1. The number of carbonyl (C=O) groups excluding carboxylic acids is 1. The van der Waals surface area contributed by atoms with Gasteiger partial charge in [0.1, 0.15) is 11.9 Å². The molecular weight excluding hydrogens is 508 g/mol. The smallest absolute Gasteiger partial charge is 0.165 e. The highest BCUT2D eigenvalue weighted by Crippen LogP contribution is 2.64. The standard InChI is InChI=1S/C36H50N2O3/c1-4-5-21-37(22-12-7-6-9-13-27-14-10-8-11-15-27)30-18-17-29-31-24-28-16-19-32(40-3)34-33(28)36(29,35(30)41-34)20-23-38(31)25-26(2)39/h8,10-11,14-16,19,29-31,35H,4-7,9,12-13,17-18,20-25H2,1-3H3/t29-,30+,31+,35-,36-/m0/s1. The monoisotopic (exact) mass is 558 g/mol. The number of unbranched alkanes of at least 4 members (excludes halogenated alkanes) is 4. The van der Waals surface area contributed by atoms with Crippen LogP contribution in [0.1, 0.15) is 88.3 Å². The summed E-state index contributed by atoms with van der Waals surface area (Å²) in [5.74, 6) is 2.75. The Balaban J connectivity index is 1.21. The van der Waals surface area contributed by atoms with E-state index in [1.54, 1.807) is 14.0 Å². The first-order valence-electron chi connectivity index (χ1n) is 16.4. The van der Waals surface area contributed by atoms with Crippen LogP contribution in [0, 0.1) is 5.92 Å². The fraction of sp³-hybridized carbons (Fsp3) is 0.639. The molecule has 2 fully saturated rings. The van der Waals surface area contributed by atoms with E-state index < -0.39 is 0 Å². The highest BCUT2D eigenvalue weighted by Gasteiger charge is 2.66. The van der Waals surface area contributed by atoms with Crippen molar-refractivity contribution in [2.75, 3.05) is 33.3 Å². The number of piperidine rings is 1. The van der Waals surface area contributed by atoms with Crippen LogP contribution >= 0.6 is 0 Å². The van der Waals surface area contributed by atoms with Crippen LogP contribution < -0.4 is 9.47 Å². The van der Waals surface area contributed by atoms with Crippen molar-refractivity contribution in [3.8, 4) is 11.5 Å². The minimum atomic E-state index is 0.0402. The molecule has 2 aliphatic heterocycles. The number of ether oxygens (including phenoxy) is 2. The van der Waals surface area contributed by atoms with Crippen LogP contribution in [0.15, 0.2) is 42.5 Å². The number of nitrogens with zero attached hydrogens (tertiary/aromatic N) is 2. The molecule has 0 radical (unpaired) electrons. The Morgan fingerprint density at radius 1 is 1.05 bits per heavy atom. The van der Waals surface area contributed by atoms with Crippen LogP contribution in [0.2, 0.25) is 0 Å². The molecule has 2 aliphatic carbocycles. The molecule has 0 N–H and O–H groups in total. The second kappa shape index (κ2) is 12.5. The lowest BCUT2D eigenvalue weighted by Crippen LogP contribution is -2.69. The van der Waals surface area contributed by atoms with Crippen molar-refractivity contribution in [3.05, 3.63) is 59.2 Å². The lowest BCUT2D eigenvalue weighted by molar-refractivity contribution is -0.123. The molecule has 0 aromatic heterocycles. The van der Waals surface area contributed by atoms with Crippen LogP contribution in [0.3, 0.4) is 0 Å². The predicted octanol–water partition coefficient (Wildman–Crippen LogP) is 6.60. The molecule has 41 heavy (non-hydrogen) atoms. The first kappa shape index (κ1) is 28.7. The average Bonchev–Trinajstić information content (AvgIpc) is 3.33. The van der Waals surface area contributed by atoms with Gasteiger partial charge in [0.2, 0.25) is 0 Å². The fourth-order valence-corrected chi connectivity index (χ4v) is 9.05. The van der Waals surface area contributed by atoms with Gasteiger partial charge in [-0.3, -0.25) is 14.6 Å². The number of likely N-dealkylation sites (tertiary alicyclic amines) is 1. The van der Waals surface area contributed by atoms with Crippen molar-refractivity contribution < 1.29 is 14.3 Å². The summed E-state index contributed by atoms with van der Waals surface area (Å²) in [5, 5.41) is 0. The van der Waals surface area contributed by atoms with Crippen LogP contribution in [-0.4, -0.2) is 67.1 Å². The summed E-state index contributed by atoms with van der Waals surface area (Å²) >= 11 is 0. The Hall–Kier alpha value is -2.37. The van der Waals surface area contributed by atoms with Gasteiger partial charge in [-0.05, 0) is 101 Å². The van der Waals surface area contributed by atoms with E-state index in [1.807, 2.05) is 0 Å². The van der Waals surface area contributed by atoms with Crippen molar-refractivity contribution in [2.24, 2.45) is 5.92 Å². The molecule has 4 aliphatic rings. The second-order valence-electron chi connectivity index (χ2n) is 13.2. The minimum absolute atomic E-state index is 0.0402. The summed E-state index contributed by atoms with van der Waals surface area (Å²) in [6.07, 6.45) is 13.5. The molecule has 0 amide bonds. The first-order chi connectivity index (χ1) is 20.1. The molecule has 5 heteroatoms. The highest BCUT2D eigenvalue weighted by atomic mass is 16.5. The summed E-state index contributed by atoms with van der Waals surface area (Å²) in [5.41, 5.74) is 4.39. The molecular formula is C36H50N2O3. The third kappa shape index (κ3) is 5.33. The zero-order chi connectivity index (χ0) is 28.4. The highest BCUT2D eigenvalue weighted by molar-refractivity contribution is 5.77. The summed E-state index contributed by atoms with van der Waals surface area (Å²) in [6.45, 7) is 7.95. The quantitative estimate of drug-likeness (QED) is 0.245. The first-order valence-corrected chi connectivity index (χ1v) is 16.4. The molecule has 2 heterocycles. The number of methoxy groups -OCH3 is 1. The number of ketones is 1. The van der Waals surface area contributed by atoms with E-state index in [2.05, 4.69) is 59.2 Å². The molecule has 5 atom stereocenters. The third-order valence-electron chi connectivity index (χ3n) is 10.8. The Morgan fingerprint density at radius 3 is 2.63 bits per heavy atom. The van der Waals surface area contributed by atoms with Gasteiger partial charge in [-0.25, -0.2) is 0 Å². The SMILES string of the molecule is CCCCN(CCCCCCc1ccccc1)[C@@H]1CC[C@H]2[C@H]3Cc4ccc(OC)c5c4[C@@]2(CCN3CC(C)=O)[C@H]1O5. The maximum atomic E-state index is 12.2. The molecule has 2 aromatic rings. The number of hydrogen-bond donors (Lipinski definition) is 0. The van der Waals surface area contributed by atoms with Gasteiger partial charge < -0.3 is 9.47 Å². The number of benzene rings is 2. The van der Waals surface area contributed by atoms with Gasteiger partial charge in [-0.1, -0.05) is 62.6 Å².